The maximum atomic E-state index is 6.27. The minimum atomic E-state index is 0.250. The van der Waals surface area contributed by atoms with Gasteiger partial charge in [-0.15, -0.1) is 0 Å². The molecule has 2 N–H and O–H groups in total. The zero-order valence-corrected chi connectivity index (χ0v) is 10.8. The first kappa shape index (κ1) is 12.6. The first-order valence-corrected chi connectivity index (χ1v) is 6.86. The molecular formula is C15H24N2. The number of hydrogen-bond donors (Lipinski definition) is 1. The van der Waals surface area contributed by atoms with Gasteiger partial charge in [-0.3, -0.25) is 4.90 Å². The van der Waals surface area contributed by atoms with Gasteiger partial charge in [-0.2, -0.15) is 0 Å². The molecule has 0 bridgehead atoms. The summed E-state index contributed by atoms with van der Waals surface area (Å²) in [5.41, 5.74) is 7.73. The SMILES string of the molecule is CCCCN1CCC(c2ccccc2)CC1N. The van der Waals surface area contributed by atoms with Gasteiger partial charge in [0.25, 0.3) is 0 Å². The third-order valence-corrected chi connectivity index (χ3v) is 3.83. The number of benzene rings is 1. The van der Waals surface area contributed by atoms with Gasteiger partial charge >= 0.3 is 0 Å². The van der Waals surface area contributed by atoms with E-state index in [9.17, 15) is 0 Å². The summed E-state index contributed by atoms with van der Waals surface area (Å²) >= 11 is 0. The fourth-order valence-electron chi connectivity index (χ4n) is 2.71. The van der Waals surface area contributed by atoms with E-state index in [2.05, 4.69) is 42.2 Å². The van der Waals surface area contributed by atoms with Crippen LogP contribution in [0, 0.1) is 0 Å². The lowest BCUT2D eigenvalue weighted by Crippen LogP contribution is -2.47. The molecule has 1 aromatic rings. The molecule has 1 saturated heterocycles. The summed E-state index contributed by atoms with van der Waals surface area (Å²) < 4.78 is 0. The van der Waals surface area contributed by atoms with Gasteiger partial charge in [0, 0.05) is 6.54 Å². The van der Waals surface area contributed by atoms with Crippen LogP contribution in [-0.4, -0.2) is 24.2 Å². The largest absolute Gasteiger partial charge is 0.316 e. The van der Waals surface area contributed by atoms with E-state index in [0.717, 1.165) is 13.0 Å². The number of piperidine rings is 1. The molecule has 94 valence electrons. The molecular weight excluding hydrogens is 208 g/mol. The Labute approximate surface area is 105 Å². The zero-order valence-electron chi connectivity index (χ0n) is 10.8. The molecule has 0 saturated carbocycles. The van der Waals surface area contributed by atoms with Crippen LogP contribution in [-0.2, 0) is 0 Å². The van der Waals surface area contributed by atoms with Crippen molar-refractivity contribution in [3.63, 3.8) is 0 Å². The average molecular weight is 232 g/mol. The van der Waals surface area contributed by atoms with Crippen LogP contribution in [0.5, 0.6) is 0 Å². The Morgan fingerprint density at radius 2 is 2.06 bits per heavy atom. The van der Waals surface area contributed by atoms with Gasteiger partial charge < -0.3 is 5.73 Å². The summed E-state index contributed by atoms with van der Waals surface area (Å²) in [6.45, 7) is 4.56. The molecule has 2 heteroatoms. The quantitative estimate of drug-likeness (QED) is 0.865. The van der Waals surface area contributed by atoms with E-state index in [1.807, 2.05) is 0 Å². The van der Waals surface area contributed by atoms with Gasteiger partial charge in [-0.05, 0) is 37.3 Å². The van der Waals surface area contributed by atoms with Crippen molar-refractivity contribution in [1.29, 1.82) is 0 Å². The molecule has 2 unspecified atom stereocenters. The highest BCUT2D eigenvalue weighted by atomic mass is 15.2. The standard InChI is InChI=1S/C15H24N2/c1-2-3-10-17-11-9-14(12-15(17)16)13-7-5-4-6-8-13/h4-8,14-15H,2-3,9-12,16H2,1H3. The van der Waals surface area contributed by atoms with Gasteiger partial charge in [0.15, 0.2) is 0 Å². The maximum absolute atomic E-state index is 6.27. The Hall–Kier alpha value is -0.860. The van der Waals surface area contributed by atoms with Crippen LogP contribution in [0.1, 0.15) is 44.1 Å². The molecule has 0 radical (unpaired) electrons. The van der Waals surface area contributed by atoms with Crippen molar-refractivity contribution in [3.05, 3.63) is 35.9 Å². The first-order chi connectivity index (χ1) is 8.31. The summed E-state index contributed by atoms with van der Waals surface area (Å²) in [7, 11) is 0. The lowest BCUT2D eigenvalue weighted by Gasteiger charge is -2.37. The Morgan fingerprint density at radius 1 is 1.29 bits per heavy atom. The fourth-order valence-corrected chi connectivity index (χ4v) is 2.71. The Kier molecular flexibility index (Phi) is 4.57. The molecule has 0 aliphatic carbocycles. The molecule has 2 rings (SSSR count). The van der Waals surface area contributed by atoms with Gasteiger partial charge in [0.2, 0.25) is 0 Å². The molecule has 2 nitrogen and oxygen atoms in total. The van der Waals surface area contributed by atoms with Crippen LogP contribution in [0.3, 0.4) is 0 Å². The normalized spacial score (nSPS) is 26.0. The van der Waals surface area contributed by atoms with Crippen molar-refractivity contribution in [2.24, 2.45) is 5.73 Å². The summed E-state index contributed by atoms with van der Waals surface area (Å²) in [6.07, 6.45) is 5.13. The van der Waals surface area contributed by atoms with E-state index in [-0.39, 0.29) is 6.17 Å². The zero-order chi connectivity index (χ0) is 12.1. The Bertz CT molecular complexity index is 323. The molecule has 2 atom stereocenters. The monoisotopic (exact) mass is 232 g/mol. The van der Waals surface area contributed by atoms with E-state index in [0.29, 0.717) is 5.92 Å². The van der Waals surface area contributed by atoms with Crippen LogP contribution in [0.4, 0.5) is 0 Å². The Morgan fingerprint density at radius 3 is 2.71 bits per heavy atom. The highest BCUT2D eigenvalue weighted by molar-refractivity contribution is 5.20. The van der Waals surface area contributed by atoms with Gasteiger partial charge in [-0.1, -0.05) is 43.7 Å². The van der Waals surface area contributed by atoms with Crippen LogP contribution in [0.15, 0.2) is 30.3 Å². The minimum Gasteiger partial charge on any atom is -0.316 e. The second-order valence-electron chi connectivity index (χ2n) is 5.09. The lowest BCUT2D eigenvalue weighted by molar-refractivity contribution is 0.136. The van der Waals surface area contributed by atoms with Crippen LogP contribution >= 0.6 is 0 Å². The summed E-state index contributed by atoms with van der Waals surface area (Å²) in [5, 5.41) is 0. The number of rotatable bonds is 4. The smallest absolute Gasteiger partial charge is 0.0577 e. The van der Waals surface area contributed by atoms with E-state index in [1.165, 1.54) is 31.4 Å². The highest BCUT2D eigenvalue weighted by Crippen LogP contribution is 2.29. The molecule has 1 fully saturated rings. The predicted molar refractivity (Wildman–Crippen MR) is 72.9 cm³/mol. The van der Waals surface area contributed by atoms with E-state index < -0.39 is 0 Å². The number of unbranched alkanes of at least 4 members (excludes halogenated alkanes) is 1. The molecule has 17 heavy (non-hydrogen) atoms. The molecule has 1 aliphatic rings. The van der Waals surface area contributed by atoms with Crippen molar-refractivity contribution in [1.82, 2.24) is 4.90 Å². The van der Waals surface area contributed by atoms with Crippen LogP contribution < -0.4 is 5.73 Å². The Balaban J connectivity index is 1.91. The first-order valence-electron chi connectivity index (χ1n) is 6.86. The van der Waals surface area contributed by atoms with Gasteiger partial charge in [-0.25, -0.2) is 0 Å². The molecule has 0 aromatic heterocycles. The van der Waals surface area contributed by atoms with E-state index in [4.69, 9.17) is 5.73 Å². The predicted octanol–water partition coefficient (Wildman–Crippen LogP) is 2.95. The van der Waals surface area contributed by atoms with Crippen molar-refractivity contribution < 1.29 is 0 Å². The lowest BCUT2D eigenvalue weighted by atomic mass is 9.88. The van der Waals surface area contributed by atoms with Gasteiger partial charge in [0.1, 0.15) is 0 Å². The minimum absolute atomic E-state index is 0.250. The second-order valence-corrected chi connectivity index (χ2v) is 5.09. The molecule has 0 spiro atoms. The summed E-state index contributed by atoms with van der Waals surface area (Å²) in [6, 6.07) is 10.8. The summed E-state index contributed by atoms with van der Waals surface area (Å²) in [4.78, 5) is 2.45. The topological polar surface area (TPSA) is 29.3 Å². The summed E-state index contributed by atoms with van der Waals surface area (Å²) in [5.74, 6) is 0.657. The third-order valence-electron chi connectivity index (χ3n) is 3.83. The number of nitrogens with zero attached hydrogens (tertiary/aromatic N) is 1. The van der Waals surface area contributed by atoms with Crippen molar-refractivity contribution in [3.8, 4) is 0 Å². The molecule has 0 amide bonds. The van der Waals surface area contributed by atoms with E-state index in [1.54, 1.807) is 0 Å². The van der Waals surface area contributed by atoms with Crippen molar-refractivity contribution >= 4 is 0 Å². The van der Waals surface area contributed by atoms with Crippen LogP contribution in [0.25, 0.3) is 0 Å². The van der Waals surface area contributed by atoms with E-state index >= 15 is 0 Å². The number of nitrogens with two attached hydrogens (primary N) is 1. The fraction of sp³-hybridized carbons (Fsp3) is 0.600. The third kappa shape index (κ3) is 3.30. The van der Waals surface area contributed by atoms with Crippen molar-refractivity contribution in [2.45, 2.75) is 44.7 Å². The molecule has 1 aliphatic heterocycles. The highest BCUT2D eigenvalue weighted by Gasteiger charge is 2.25. The molecule has 1 aromatic carbocycles. The molecule has 1 heterocycles. The second kappa shape index (κ2) is 6.18. The number of hydrogen-bond acceptors (Lipinski definition) is 2. The van der Waals surface area contributed by atoms with Crippen LogP contribution in [0.2, 0.25) is 0 Å². The number of likely N-dealkylation sites (tertiary alicyclic amines) is 1. The van der Waals surface area contributed by atoms with Gasteiger partial charge in [0.05, 0.1) is 6.17 Å². The average Bonchev–Trinajstić information content (AvgIpc) is 2.38. The maximum Gasteiger partial charge on any atom is 0.0577 e. The van der Waals surface area contributed by atoms with Crippen molar-refractivity contribution in [2.75, 3.05) is 13.1 Å².